The molecule has 2 aromatic carbocycles. The van der Waals surface area contributed by atoms with Gasteiger partial charge in [0.15, 0.2) is 4.32 Å². The third-order valence-electron chi connectivity index (χ3n) is 5.52. The number of carbonyl (C=O) groups excluding carboxylic acids is 1. The molecule has 1 amide bonds. The number of anilines is 2. The summed E-state index contributed by atoms with van der Waals surface area (Å²) in [6.07, 6.45) is 4.28. The summed E-state index contributed by atoms with van der Waals surface area (Å²) in [6.45, 7) is 11.1. The molecule has 2 aliphatic heterocycles. The van der Waals surface area contributed by atoms with Gasteiger partial charge in [-0.15, -0.1) is 0 Å². The second-order valence-corrected chi connectivity index (χ2v) is 10.2. The van der Waals surface area contributed by atoms with E-state index >= 15 is 0 Å². The number of hydrogen-bond acceptors (Lipinski definition) is 4. The van der Waals surface area contributed by atoms with E-state index in [-0.39, 0.29) is 11.4 Å². The molecule has 4 rings (SSSR count). The Hall–Kier alpha value is -2.37. The first-order chi connectivity index (χ1) is 14.2. The van der Waals surface area contributed by atoms with Crippen LogP contribution in [0.3, 0.4) is 0 Å². The van der Waals surface area contributed by atoms with E-state index in [1.165, 1.54) is 28.6 Å². The number of para-hydroxylation sites is 1. The molecule has 30 heavy (non-hydrogen) atoms. The lowest BCUT2D eigenvalue weighted by atomic mass is 9.87. The van der Waals surface area contributed by atoms with Gasteiger partial charge >= 0.3 is 0 Å². The van der Waals surface area contributed by atoms with Crippen molar-refractivity contribution in [1.29, 1.82) is 0 Å². The van der Waals surface area contributed by atoms with Gasteiger partial charge in [0.1, 0.15) is 0 Å². The Bertz CT molecular complexity index is 1080. The van der Waals surface area contributed by atoms with Gasteiger partial charge in [-0.2, -0.15) is 0 Å². The van der Waals surface area contributed by atoms with E-state index in [2.05, 4.69) is 63.8 Å². The summed E-state index contributed by atoms with van der Waals surface area (Å²) in [5.74, 6) is -0.0638. The highest BCUT2D eigenvalue weighted by Crippen LogP contribution is 2.41. The van der Waals surface area contributed by atoms with E-state index in [0.29, 0.717) is 15.3 Å². The van der Waals surface area contributed by atoms with Crippen molar-refractivity contribution in [3.05, 3.63) is 70.6 Å². The minimum atomic E-state index is -0.0638. The van der Waals surface area contributed by atoms with Crippen molar-refractivity contribution in [2.45, 2.75) is 46.2 Å². The van der Waals surface area contributed by atoms with Gasteiger partial charge < -0.3 is 4.90 Å². The number of fused-ring (bicyclic) bond motifs is 1. The van der Waals surface area contributed by atoms with Gasteiger partial charge in [-0.3, -0.25) is 9.69 Å². The van der Waals surface area contributed by atoms with Crippen LogP contribution in [0.1, 0.15) is 45.7 Å². The smallest absolute Gasteiger partial charge is 0.270 e. The van der Waals surface area contributed by atoms with Gasteiger partial charge in [-0.1, -0.05) is 54.3 Å². The maximum Gasteiger partial charge on any atom is 0.270 e. The third-order valence-corrected chi connectivity index (χ3v) is 6.82. The zero-order valence-corrected chi connectivity index (χ0v) is 19.6. The fraction of sp³-hybridized carbons (Fsp3) is 0.280. The van der Waals surface area contributed by atoms with E-state index in [4.69, 9.17) is 12.2 Å². The molecule has 154 valence electrons. The highest BCUT2D eigenvalue weighted by Gasteiger charge is 2.34. The topological polar surface area (TPSA) is 23.6 Å². The molecule has 3 nitrogen and oxygen atoms in total. The molecule has 0 unspecified atom stereocenters. The maximum absolute atomic E-state index is 13.0. The molecule has 0 radical (unpaired) electrons. The van der Waals surface area contributed by atoms with E-state index in [1.54, 1.807) is 4.90 Å². The molecular formula is C25H26N2OS2. The number of benzene rings is 2. The molecular weight excluding hydrogens is 408 g/mol. The van der Waals surface area contributed by atoms with E-state index in [0.717, 1.165) is 11.3 Å². The predicted molar refractivity (Wildman–Crippen MR) is 134 cm³/mol. The van der Waals surface area contributed by atoms with Crippen molar-refractivity contribution < 1.29 is 4.79 Å². The summed E-state index contributed by atoms with van der Waals surface area (Å²) in [5.41, 5.74) is 5.50. The number of thioether (sulfide) groups is 1. The van der Waals surface area contributed by atoms with Gasteiger partial charge in [0.25, 0.3) is 5.91 Å². The Balaban J connectivity index is 1.70. The summed E-state index contributed by atoms with van der Waals surface area (Å²) in [4.78, 5) is 17.7. The largest absolute Gasteiger partial charge is 0.360 e. The summed E-state index contributed by atoms with van der Waals surface area (Å²) in [5, 5.41) is 0. The molecule has 0 aromatic heterocycles. The number of thiocarbonyl (C=S) groups is 1. The van der Waals surface area contributed by atoms with E-state index in [9.17, 15) is 4.79 Å². The first-order valence-corrected chi connectivity index (χ1v) is 11.4. The molecule has 0 saturated carbocycles. The van der Waals surface area contributed by atoms with Crippen LogP contribution >= 0.6 is 24.0 Å². The van der Waals surface area contributed by atoms with E-state index in [1.807, 2.05) is 36.4 Å². The first kappa shape index (κ1) is 20.9. The molecule has 1 fully saturated rings. The van der Waals surface area contributed by atoms with Crippen LogP contribution in [0.15, 0.2) is 59.5 Å². The molecule has 0 spiro atoms. The van der Waals surface area contributed by atoms with E-state index < -0.39 is 0 Å². The van der Waals surface area contributed by atoms with Crippen molar-refractivity contribution >= 4 is 57.2 Å². The first-order valence-electron chi connectivity index (χ1n) is 10.2. The SMILES string of the molecule is CC1=CC(C)(C)N(C(C)C)c2ccc(/C=C3\SC(=S)N(c4ccccc4)C3=O)cc21. The maximum atomic E-state index is 13.0. The standard InChI is InChI=1S/C25H26N2OS2/c1-16(2)27-21-12-11-18(13-20(21)17(3)15-25(27,4)5)14-22-23(28)26(24(29)30-22)19-9-7-6-8-10-19/h6-16H,1-5H3/b22-14-. The zero-order chi connectivity index (χ0) is 21.6. The monoisotopic (exact) mass is 434 g/mol. The Labute approximate surface area is 188 Å². The van der Waals surface area contributed by atoms with Gasteiger partial charge in [0.05, 0.1) is 16.1 Å². The van der Waals surface area contributed by atoms with Gasteiger partial charge in [-0.25, -0.2) is 0 Å². The fourth-order valence-corrected chi connectivity index (χ4v) is 5.82. The predicted octanol–water partition coefficient (Wildman–Crippen LogP) is 6.50. The molecule has 0 bridgehead atoms. The molecule has 1 saturated heterocycles. The van der Waals surface area contributed by atoms with Crippen LogP contribution in [0.2, 0.25) is 0 Å². The fourth-order valence-electron chi connectivity index (χ4n) is 4.52. The number of allylic oxidation sites excluding steroid dienone is 1. The average molecular weight is 435 g/mol. The van der Waals surface area contributed by atoms with Crippen LogP contribution in [-0.4, -0.2) is 21.8 Å². The highest BCUT2D eigenvalue weighted by molar-refractivity contribution is 8.27. The van der Waals surface area contributed by atoms with Gasteiger partial charge in [0, 0.05) is 17.3 Å². The number of carbonyl (C=O) groups is 1. The van der Waals surface area contributed by atoms with Crippen LogP contribution in [-0.2, 0) is 4.79 Å². The summed E-state index contributed by atoms with van der Waals surface area (Å²) < 4.78 is 0.569. The Morgan fingerprint density at radius 2 is 1.80 bits per heavy atom. The third kappa shape index (κ3) is 3.61. The quantitative estimate of drug-likeness (QED) is 0.406. The molecule has 0 atom stereocenters. The van der Waals surface area contributed by atoms with Crippen LogP contribution in [0.4, 0.5) is 11.4 Å². The minimum absolute atomic E-state index is 0.0368. The molecule has 2 aliphatic rings. The van der Waals surface area contributed by atoms with Crippen molar-refractivity contribution in [1.82, 2.24) is 0 Å². The summed E-state index contributed by atoms with van der Waals surface area (Å²) in [6, 6.07) is 16.4. The Morgan fingerprint density at radius 1 is 1.10 bits per heavy atom. The second-order valence-electron chi connectivity index (χ2n) is 8.57. The van der Waals surface area contributed by atoms with Crippen LogP contribution in [0, 0.1) is 0 Å². The number of amides is 1. The molecule has 0 N–H and O–H groups in total. The summed E-state index contributed by atoms with van der Waals surface area (Å²) >= 11 is 6.85. The highest BCUT2D eigenvalue weighted by atomic mass is 32.2. The van der Waals surface area contributed by atoms with Crippen molar-refractivity contribution in [2.75, 3.05) is 9.80 Å². The average Bonchev–Trinajstić information content (AvgIpc) is 2.95. The molecule has 5 heteroatoms. The van der Waals surface area contributed by atoms with Gasteiger partial charge in [-0.05, 0) is 76.1 Å². The summed E-state index contributed by atoms with van der Waals surface area (Å²) in [7, 11) is 0. The Morgan fingerprint density at radius 3 is 2.47 bits per heavy atom. The van der Waals surface area contributed by atoms with Crippen LogP contribution < -0.4 is 9.80 Å². The number of nitrogens with zero attached hydrogens (tertiary/aromatic N) is 2. The lowest BCUT2D eigenvalue weighted by molar-refractivity contribution is -0.113. The normalized spacial score (nSPS) is 19.5. The van der Waals surface area contributed by atoms with Crippen LogP contribution in [0.25, 0.3) is 11.6 Å². The zero-order valence-electron chi connectivity index (χ0n) is 18.0. The van der Waals surface area contributed by atoms with Crippen molar-refractivity contribution in [2.24, 2.45) is 0 Å². The lowest BCUT2D eigenvalue weighted by Crippen LogP contribution is -2.49. The van der Waals surface area contributed by atoms with Crippen LogP contribution in [0.5, 0.6) is 0 Å². The van der Waals surface area contributed by atoms with Crippen molar-refractivity contribution in [3.8, 4) is 0 Å². The second kappa shape index (κ2) is 7.71. The molecule has 2 aromatic rings. The molecule has 2 heterocycles. The Kier molecular flexibility index (Phi) is 5.37. The number of rotatable bonds is 3. The molecule has 0 aliphatic carbocycles. The number of hydrogen-bond donors (Lipinski definition) is 0. The minimum Gasteiger partial charge on any atom is -0.360 e. The van der Waals surface area contributed by atoms with Crippen molar-refractivity contribution in [3.63, 3.8) is 0 Å². The lowest BCUT2D eigenvalue weighted by Gasteiger charge is -2.46. The van der Waals surface area contributed by atoms with Gasteiger partial charge in [0.2, 0.25) is 0 Å².